The Morgan fingerprint density at radius 3 is 3.00 bits per heavy atom. The molecule has 4 heteroatoms. The molecule has 1 amide bonds. The van der Waals surface area contributed by atoms with Gasteiger partial charge in [-0.05, 0) is 40.9 Å². The normalized spacial score (nSPS) is 17.7. The number of hydrogen-bond donors (Lipinski definition) is 0. The molecule has 0 bridgehead atoms. The molecule has 2 rings (SSSR count). The molecular formula is C11H13BrN2O. The Bertz CT molecular complexity index is 367. The summed E-state index contributed by atoms with van der Waals surface area (Å²) in [6.45, 7) is 0.786. The Balaban J connectivity index is 2.28. The lowest BCUT2D eigenvalue weighted by molar-refractivity contribution is -0.118. The summed E-state index contributed by atoms with van der Waals surface area (Å²) in [4.78, 5) is 17.9. The Morgan fingerprint density at radius 1 is 1.33 bits per heavy atom. The highest BCUT2D eigenvalue weighted by atomic mass is 79.9. The maximum Gasteiger partial charge on any atom is 0.228 e. The second-order valence-electron chi connectivity index (χ2n) is 3.66. The molecule has 0 saturated carbocycles. The predicted octanol–water partition coefficient (Wildman–Crippen LogP) is 2.75. The first-order valence-electron chi connectivity index (χ1n) is 5.20. The van der Waals surface area contributed by atoms with Crippen LogP contribution in [-0.2, 0) is 4.79 Å². The fourth-order valence-electron chi connectivity index (χ4n) is 1.78. The van der Waals surface area contributed by atoms with E-state index in [0.29, 0.717) is 6.42 Å². The third kappa shape index (κ3) is 2.37. The largest absolute Gasteiger partial charge is 0.296 e. The van der Waals surface area contributed by atoms with Gasteiger partial charge in [-0.1, -0.05) is 6.42 Å². The minimum atomic E-state index is 0.187. The summed E-state index contributed by atoms with van der Waals surface area (Å²) in [5, 5.41) is 0. The van der Waals surface area contributed by atoms with Crippen molar-refractivity contribution in [1.29, 1.82) is 0 Å². The summed E-state index contributed by atoms with van der Waals surface area (Å²) < 4.78 is 0.889. The molecule has 0 spiro atoms. The van der Waals surface area contributed by atoms with Gasteiger partial charge in [-0.3, -0.25) is 9.69 Å². The lowest BCUT2D eigenvalue weighted by atomic mass is 10.2. The topological polar surface area (TPSA) is 33.2 Å². The molecule has 15 heavy (non-hydrogen) atoms. The molecule has 0 aliphatic carbocycles. The highest BCUT2D eigenvalue weighted by molar-refractivity contribution is 9.10. The standard InChI is InChI=1S/C11H13BrN2O/c12-9-5-4-7-13-11(9)14-8-3-1-2-6-10(14)15/h4-5,7H,1-3,6,8H2. The molecule has 1 aromatic heterocycles. The number of halogens is 1. The number of amides is 1. The van der Waals surface area contributed by atoms with E-state index in [0.717, 1.165) is 36.1 Å². The molecule has 1 aromatic rings. The highest BCUT2D eigenvalue weighted by Crippen LogP contribution is 2.25. The predicted molar refractivity (Wildman–Crippen MR) is 62.8 cm³/mol. The fraction of sp³-hybridized carbons (Fsp3) is 0.455. The van der Waals surface area contributed by atoms with Crippen molar-refractivity contribution in [3.05, 3.63) is 22.8 Å². The van der Waals surface area contributed by atoms with Crippen molar-refractivity contribution in [2.45, 2.75) is 25.7 Å². The minimum absolute atomic E-state index is 0.187. The van der Waals surface area contributed by atoms with E-state index in [2.05, 4.69) is 20.9 Å². The molecule has 0 unspecified atom stereocenters. The third-order valence-corrected chi connectivity index (χ3v) is 3.19. The first-order valence-corrected chi connectivity index (χ1v) is 5.99. The van der Waals surface area contributed by atoms with Crippen LogP contribution >= 0.6 is 15.9 Å². The smallest absolute Gasteiger partial charge is 0.228 e. The molecule has 1 aliphatic rings. The van der Waals surface area contributed by atoms with Gasteiger partial charge in [0, 0.05) is 19.2 Å². The first kappa shape index (κ1) is 10.6. The molecule has 1 saturated heterocycles. The van der Waals surface area contributed by atoms with Gasteiger partial charge >= 0.3 is 0 Å². The average Bonchev–Trinajstić information content (AvgIpc) is 2.44. The maximum absolute atomic E-state index is 11.8. The second-order valence-corrected chi connectivity index (χ2v) is 4.52. The van der Waals surface area contributed by atoms with Gasteiger partial charge in [-0.25, -0.2) is 4.98 Å². The highest BCUT2D eigenvalue weighted by Gasteiger charge is 2.20. The van der Waals surface area contributed by atoms with E-state index in [1.165, 1.54) is 0 Å². The van der Waals surface area contributed by atoms with Gasteiger partial charge in [0.05, 0.1) is 4.47 Å². The van der Waals surface area contributed by atoms with Crippen molar-refractivity contribution in [1.82, 2.24) is 4.98 Å². The van der Waals surface area contributed by atoms with E-state index < -0.39 is 0 Å². The molecule has 0 atom stereocenters. The molecule has 3 nitrogen and oxygen atoms in total. The summed E-state index contributed by atoms with van der Waals surface area (Å²) >= 11 is 3.43. The van der Waals surface area contributed by atoms with Gasteiger partial charge in [-0.2, -0.15) is 0 Å². The van der Waals surface area contributed by atoms with Crippen LogP contribution in [0.4, 0.5) is 5.82 Å². The van der Waals surface area contributed by atoms with Crippen LogP contribution in [0.15, 0.2) is 22.8 Å². The first-order chi connectivity index (χ1) is 7.29. The zero-order chi connectivity index (χ0) is 10.7. The summed E-state index contributed by atoms with van der Waals surface area (Å²) in [7, 11) is 0. The molecule has 0 N–H and O–H groups in total. The van der Waals surface area contributed by atoms with Crippen LogP contribution in [0, 0.1) is 0 Å². The number of aromatic nitrogens is 1. The average molecular weight is 269 g/mol. The number of pyridine rings is 1. The van der Waals surface area contributed by atoms with Crippen LogP contribution in [0.2, 0.25) is 0 Å². The Labute approximate surface area is 97.6 Å². The Kier molecular flexibility index (Phi) is 3.36. The van der Waals surface area contributed by atoms with Crippen molar-refractivity contribution in [2.24, 2.45) is 0 Å². The van der Waals surface area contributed by atoms with Crippen LogP contribution < -0.4 is 4.90 Å². The van der Waals surface area contributed by atoms with Crippen molar-refractivity contribution >= 4 is 27.7 Å². The lowest BCUT2D eigenvalue weighted by Gasteiger charge is -2.20. The van der Waals surface area contributed by atoms with Crippen molar-refractivity contribution in [2.75, 3.05) is 11.4 Å². The number of carbonyl (C=O) groups excluding carboxylic acids is 1. The van der Waals surface area contributed by atoms with Crippen LogP contribution in [-0.4, -0.2) is 17.4 Å². The summed E-state index contributed by atoms with van der Waals surface area (Å²) in [6, 6.07) is 3.77. The van der Waals surface area contributed by atoms with Gasteiger partial charge in [0.1, 0.15) is 5.82 Å². The van der Waals surface area contributed by atoms with E-state index in [9.17, 15) is 4.79 Å². The van der Waals surface area contributed by atoms with E-state index in [1.807, 2.05) is 12.1 Å². The molecule has 0 aromatic carbocycles. The van der Waals surface area contributed by atoms with E-state index >= 15 is 0 Å². The van der Waals surface area contributed by atoms with E-state index in [-0.39, 0.29) is 5.91 Å². The van der Waals surface area contributed by atoms with Gasteiger partial charge in [0.25, 0.3) is 0 Å². The quantitative estimate of drug-likeness (QED) is 0.785. The molecule has 1 fully saturated rings. The molecule has 2 heterocycles. The zero-order valence-electron chi connectivity index (χ0n) is 8.45. The van der Waals surface area contributed by atoms with Crippen LogP contribution in [0.1, 0.15) is 25.7 Å². The van der Waals surface area contributed by atoms with Gasteiger partial charge in [0.15, 0.2) is 0 Å². The number of rotatable bonds is 1. The third-order valence-electron chi connectivity index (χ3n) is 2.57. The summed E-state index contributed by atoms with van der Waals surface area (Å²) in [5.74, 6) is 0.941. The second kappa shape index (κ2) is 4.75. The van der Waals surface area contributed by atoms with Crippen molar-refractivity contribution < 1.29 is 4.79 Å². The van der Waals surface area contributed by atoms with Crippen LogP contribution in [0.5, 0.6) is 0 Å². The number of anilines is 1. The van der Waals surface area contributed by atoms with Crippen molar-refractivity contribution in [3.8, 4) is 0 Å². The van der Waals surface area contributed by atoms with E-state index in [1.54, 1.807) is 11.1 Å². The van der Waals surface area contributed by atoms with E-state index in [4.69, 9.17) is 0 Å². The zero-order valence-corrected chi connectivity index (χ0v) is 10.0. The number of hydrogen-bond acceptors (Lipinski definition) is 2. The maximum atomic E-state index is 11.8. The van der Waals surface area contributed by atoms with Gasteiger partial charge in [0.2, 0.25) is 5.91 Å². The molecule has 0 radical (unpaired) electrons. The van der Waals surface area contributed by atoms with Crippen molar-refractivity contribution in [3.63, 3.8) is 0 Å². The van der Waals surface area contributed by atoms with Gasteiger partial charge < -0.3 is 0 Å². The molecule has 80 valence electrons. The molecular weight excluding hydrogens is 256 g/mol. The van der Waals surface area contributed by atoms with Crippen LogP contribution in [0.25, 0.3) is 0 Å². The number of carbonyl (C=O) groups is 1. The molecule has 1 aliphatic heterocycles. The summed E-state index contributed by atoms with van der Waals surface area (Å²) in [6.07, 6.45) is 5.56. The SMILES string of the molecule is O=C1CCCCCN1c1ncccc1Br. The van der Waals surface area contributed by atoms with Gasteiger partial charge in [-0.15, -0.1) is 0 Å². The summed E-state index contributed by atoms with van der Waals surface area (Å²) in [5.41, 5.74) is 0. The lowest BCUT2D eigenvalue weighted by Crippen LogP contribution is -2.31. The minimum Gasteiger partial charge on any atom is -0.296 e. The van der Waals surface area contributed by atoms with Crippen LogP contribution in [0.3, 0.4) is 0 Å². The Hall–Kier alpha value is -0.900. The number of nitrogens with zero attached hydrogens (tertiary/aromatic N) is 2. The fourth-order valence-corrected chi connectivity index (χ4v) is 2.25. The monoisotopic (exact) mass is 268 g/mol. The Morgan fingerprint density at radius 2 is 2.20 bits per heavy atom.